The Labute approximate surface area is 225 Å². The Hall–Kier alpha value is -4.06. The van der Waals surface area contributed by atoms with Crippen LogP contribution in [0, 0.1) is 6.92 Å². The Balaban J connectivity index is 1.38. The van der Waals surface area contributed by atoms with Gasteiger partial charge in [-0.2, -0.15) is 0 Å². The molecule has 3 aromatic carbocycles. The summed E-state index contributed by atoms with van der Waals surface area (Å²) in [6, 6.07) is 21.9. The molecule has 1 amide bonds. The van der Waals surface area contributed by atoms with Crippen LogP contribution in [-0.4, -0.2) is 29.2 Å². The Morgan fingerprint density at radius 2 is 1.87 bits per heavy atom. The van der Waals surface area contributed by atoms with Gasteiger partial charge in [-0.25, -0.2) is 4.98 Å². The second kappa shape index (κ2) is 13.0. The zero-order valence-corrected chi connectivity index (χ0v) is 22.6. The number of carbonyl (C=O) groups excluding carboxylic acids is 1. The van der Waals surface area contributed by atoms with Crippen LogP contribution in [0.2, 0.25) is 0 Å². The van der Waals surface area contributed by atoms with Crippen LogP contribution in [0.25, 0.3) is 11.0 Å². The minimum absolute atomic E-state index is 0.00753. The van der Waals surface area contributed by atoms with Gasteiger partial charge in [0.15, 0.2) is 11.5 Å². The van der Waals surface area contributed by atoms with Gasteiger partial charge in [0.2, 0.25) is 5.91 Å². The first-order valence-electron chi connectivity index (χ1n) is 13.2. The summed E-state index contributed by atoms with van der Waals surface area (Å²) >= 11 is 0. The molecule has 0 aliphatic heterocycles. The minimum Gasteiger partial charge on any atom is -0.493 e. The molecule has 38 heavy (non-hydrogen) atoms. The molecule has 1 atom stereocenters. The van der Waals surface area contributed by atoms with Gasteiger partial charge in [0, 0.05) is 6.54 Å². The summed E-state index contributed by atoms with van der Waals surface area (Å²) in [5.41, 5.74) is 5.31. The molecule has 198 valence electrons. The van der Waals surface area contributed by atoms with Crippen molar-refractivity contribution in [2.45, 2.75) is 52.1 Å². The number of rotatable bonds is 13. The smallest absolute Gasteiger partial charge is 0.225 e. The molecular formula is C32H37N3O3. The molecule has 4 rings (SSSR count). The van der Waals surface area contributed by atoms with Crippen molar-refractivity contribution >= 4 is 16.9 Å². The summed E-state index contributed by atoms with van der Waals surface area (Å²) in [6.07, 6.45) is 4.81. The minimum atomic E-state index is -0.214. The number of nitrogens with one attached hydrogen (secondary N) is 1. The second-order valence-corrected chi connectivity index (χ2v) is 9.54. The van der Waals surface area contributed by atoms with Gasteiger partial charge in [0.1, 0.15) is 5.82 Å². The first kappa shape index (κ1) is 27.0. The molecule has 6 heteroatoms. The number of hydrogen-bond donors (Lipinski definition) is 1. The number of unbranched alkanes of at least 4 members (excludes halogenated alkanes) is 1. The second-order valence-electron chi connectivity index (χ2n) is 9.54. The largest absolute Gasteiger partial charge is 0.493 e. The maximum atomic E-state index is 12.8. The van der Waals surface area contributed by atoms with Gasteiger partial charge in [-0.1, -0.05) is 48.5 Å². The van der Waals surface area contributed by atoms with Gasteiger partial charge in [0.25, 0.3) is 0 Å². The number of para-hydroxylation sites is 2. The third-order valence-electron chi connectivity index (χ3n) is 6.70. The number of nitrogens with zero attached hydrogens (tertiary/aromatic N) is 2. The molecule has 0 aliphatic carbocycles. The molecule has 0 fully saturated rings. The lowest BCUT2D eigenvalue weighted by molar-refractivity contribution is -0.121. The fourth-order valence-electron chi connectivity index (χ4n) is 4.68. The monoisotopic (exact) mass is 511 g/mol. The van der Waals surface area contributed by atoms with Crippen LogP contribution in [0.15, 0.2) is 79.4 Å². The average molecular weight is 512 g/mol. The Bertz CT molecular complexity index is 1390. The number of allylic oxidation sites excluding steroid dienone is 1. The standard InChI is InChI=1S/C32H37N3O3/c1-5-12-25-17-18-29(30(21-25)37-4)38-20-11-10-19-35-28-16-9-8-15-27(28)34-32(35)24(3)33-31(36)22-26-14-7-6-13-23(26)2/h5-9,13-18,21,24H,1,10-12,19-20,22H2,2-4H3,(H,33,36). The highest BCUT2D eigenvalue weighted by Crippen LogP contribution is 2.29. The van der Waals surface area contributed by atoms with Gasteiger partial charge in [-0.15, -0.1) is 6.58 Å². The van der Waals surface area contributed by atoms with Crippen LogP contribution in [0.3, 0.4) is 0 Å². The maximum Gasteiger partial charge on any atom is 0.225 e. The van der Waals surface area contributed by atoms with E-state index in [0.717, 1.165) is 70.9 Å². The molecule has 1 N–H and O–H groups in total. The number of benzene rings is 3. The van der Waals surface area contributed by atoms with E-state index in [1.807, 2.05) is 80.6 Å². The summed E-state index contributed by atoms with van der Waals surface area (Å²) in [5, 5.41) is 3.16. The number of hydrogen-bond acceptors (Lipinski definition) is 4. The number of aromatic nitrogens is 2. The van der Waals surface area contributed by atoms with Crippen molar-refractivity contribution < 1.29 is 14.3 Å². The first-order valence-corrected chi connectivity index (χ1v) is 13.2. The molecule has 0 aliphatic rings. The van der Waals surface area contributed by atoms with E-state index in [2.05, 4.69) is 22.5 Å². The van der Waals surface area contributed by atoms with Gasteiger partial charge in [0.05, 0.1) is 37.2 Å². The topological polar surface area (TPSA) is 65.4 Å². The van der Waals surface area contributed by atoms with Crippen molar-refractivity contribution in [1.82, 2.24) is 14.9 Å². The highest BCUT2D eigenvalue weighted by molar-refractivity contribution is 5.80. The molecule has 6 nitrogen and oxygen atoms in total. The predicted molar refractivity (Wildman–Crippen MR) is 153 cm³/mol. The normalized spacial score (nSPS) is 11.8. The summed E-state index contributed by atoms with van der Waals surface area (Å²) in [4.78, 5) is 17.7. The number of ether oxygens (including phenoxy) is 2. The SMILES string of the molecule is C=CCc1ccc(OCCCCn2c(C(C)NC(=O)Cc3ccccc3C)nc3ccccc32)c(OC)c1. The molecular weight excluding hydrogens is 474 g/mol. The van der Waals surface area contributed by atoms with Crippen LogP contribution in [0.4, 0.5) is 0 Å². The van der Waals surface area contributed by atoms with Crippen LogP contribution < -0.4 is 14.8 Å². The third kappa shape index (κ3) is 6.62. The van der Waals surface area contributed by atoms with Crippen LogP contribution >= 0.6 is 0 Å². The van der Waals surface area contributed by atoms with Crippen LogP contribution in [0.1, 0.15) is 48.3 Å². The number of fused-ring (bicyclic) bond motifs is 1. The predicted octanol–water partition coefficient (Wildman–Crippen LogP) is 6.36. The summed E-state index contributed by atoms with van der Waals surface area (Å²) in [7, 11) is 1.66. The van der Waals surface area contributed by atoms with Gasteiger partial charge in [-0.05, 0) is 74.1 Å². The molecule has 0 saturated carbocycles. The third-order valence-corrected chi connectivity index (χ3v) is 6.70. The lowest BCUT2D eigenvalue weighted by atomic mass is 10.1. The molecule has 0 radical (unpaired) electrons. The van der Waals surface area contributed by atoms with E-state index in [9.17, 15) is 4.79 Å². The van der Waals surface area contributed by atoms with E-state index >= 15 is 0 Å². The molecule has 1 heterocycles. The Morgan fingerprint density at radius 3 is 2.66 bits per heavy atom. The first-order chi connectivity index (χ1) is 18.5. The van der Waals surface area contributed by atoms with E-state index in [1.165, 1.54) is 0 Å². The zero-order valence-electron chi connectivity index (χ0n) is 22.6. The number of methoxy groups -OCH3 is 1. The number of aryl methyl sites for hydroxylation is 2. The van der Waals surface area contributed by atoms with Crippen molar-refractivity contribution in [3.8, 4) is 11.5 Å². The molecule has 0 spiro atoms. The molecule has 4 aromatic rings. The lowest BCUT2D eigenvalue weighted by Crippen LogP contribution is -2.30. The van der Waals surface area contributed by atoms with E-state index < -0.39 is 0 Å². The summed E-state index contributed by atoms with van der Waals surface area (Å²) in [6.45, 7) is 9.20. The molecule has 1 unspecified atom stereocenters. The fraction of sp³-hybridized carbons (Fsp3) is 0.312. The van der Waals surface area contributed by atoms with Crippen molar-refractivity contribution in [3.63, 3.8) is 0 Å². The van der Waals surface area contributed by atoms with E-state index in [1.54, 1.807) is 7.11 Å². The zero-order chi connectivity index (χ0) is 26.9. The van der Waals surface area contributed by atoms with Crippen LogP contribution in [0.5, 0.6) is 11.5 Å². The quantitative estimate of drug-likeness (QED) is 0.168. The summed E-state index contributed by atoms with van der Waals surface area (Å²) < 4.78 is 13.8. The lowest BCUT2D eigenvalue weighted by Gasteiger charge is -2.17. The fourth-order valence-corrected chi connectivity index (χ4v) is 4.68. The Kier molecular flexibility index (Phi) is 9.20. The van der Waals surface area contributed by atoms with E-state index in [-0.39, 0.29) is 11.9 Å². The van der Waals surface area contributed by atoms with E-state index in [0.29, 0.717) is 13.0 Å². The summed E-state index contributed by atoms with van der Waals surface area (Å²) in [5.74, 6) is 2.35. The number of imidazole rings is 1. The highest BCUT2D eigenvalue weighted by Gasteiger charge is 2.19. The average Bonchev–Trinajstić information content (AvgIpc) is 3.29. The van der Waals surface area contributed by atoms with Crippen molar-refractivity contribution in [3.05, 3.63) is 102 Å². The molecule has 1 aromatic heterocycles. The van der Waals surface area contributed by atoms with Gasteiger partial charge < -0.3 is 19.4 Å². The van der Waals surface area contributed by atoms with E-state index in [4.69, 9.17) is 14.5 Å². The van der Waals surface area contributed by atoms with Crippen molar-refractivity contribution in [1.29, 1.82) is 0 Å². The number of amides is 1. The highest BCUT2D eigenvalue weighted by atomic mass is 16.5. The van der Waals surface area contributed by atoms with Crippen molar-refractivity contribution in [2.24, 2.45) is 0 Å². The van der Waals surface area contributed by atoms with Crippen LogP contribution in [-0.2, 0) is 24.2 Å². The Morgan fingerprint density at radius 1 is 1.08 bits per heavy atom. The molecule has 0 saturated heterocycles. The van der Waals surface area contributed by atoms with Gasteiger partial charge >= 0.3 is 0 Å². The van der Waals surface area contributed by atoms with Gasteiger partial charge in [-0.3, -0.25) is 4.79 Å². The molecule has 0 bridgehead atoms. The van der Waals surface area contributed by atoms with Crippen molar-refractivity contribution in [2.75, 3.05) is 13.7 Å². The maximum absolute atomic E-state index is 12.8. The number of carbonyl (C=O) groups is 1.